The van der Waals surface area contributed by atoms with E-state index < -0.39 is 32.5 Å². The summed E-state index contributed by atoms with van der Waals surface area (Å²) in [5, 5.41) is -0.514. The summed E-state index contributed by atoms with van der Waals surface area (Å²) in [6, 6.07) is 6.70. The molecule has 3 atom stereocenters. The molecule has 5 nitrogen and oxygen atoms in total. The Labute approximate surface area is 123 Å². The van der Waals surface area contributed by atoms with Crippen LogP contribution in [0.25, 0.3) is 0 Å². The largest absolute Gasteiger partial charge is 0.465 e. The van der Waals surface area contributed by atoms with Gasteiger partial charge in [-0.3, -0.25) is 0 Å². The number of hydrogen-bond donors (Lipinski definition) is 1. The van der Waals surface area contributed by atoms with Gasteiger partial charge in [0.25, 0.3) is 0 Å². The van der Waals surface area contributed by atoms with Crippen molar-refractivity contribution < 1.29 is 17.9 Å². The molecule has 7 heteroatoms. The molecule has 20 heavy (non-hydrogen) atoms. The molecular formula is C13H16ClNO4S. The minimum absolute atomic E-state index is 0.149. The van der Waals surface area contributed by atoms with E-state index in [0.29, 0.717) is 10.6 Å². The fraction of sp³-hybridized carbons (Fsp3) is 0.462. The summed E-state index contributed by atoms with van der Waals surface area (Å²) in [5.41, 5.74) is 5.13. The average Bonchev–Trinajstić information content (AvgIpc) is 2.98. The molecule has 0 aromatic heterocycles. The Balaban J connectivity index is 2.44. The lowest BCUT2D eigenvalue weighted by atomic mass is 10.1. The van der Waals surface area contributed by atoms with E-state index in [1.807, 2.05) is 0 Å². The number of hydrogen-bond acceptors (Lipinski definition) is 5. The van der Waals surface area contributed by atoms with Gasteiger partial charge < -0.3 is 10.5 Å². The molecule has 1 saturated carbocycles. The monoisotopic (exact) mass is 317 g/mol. The lowest BCUT2D eigenvalue weighted by Gasteiger charge is -2.10. The molecule has 0 radical (unpaired) electrons. The number of halogens is 1. The van der Waals surface area contributed by atoms with E-state index in [0.717, 1.165) is 6.26 Å². The van der Waals surface area contributed by atoms with Gasteiger partial charge in [0.1, 0.15) is 5.54 Å². The highest BCUT2D eigenvalue weighted by Gasteiger charge is 2.73. The summed E-state index contributed by atoms with van der Waals surface area (Å²) in [6.45, 7) is 1.80. The maximum Gasteiger partial charge on any atom is 0.328 e. The first-order valence-electron chi connectivity index (χ1n) is 6.13. The van der Waals surface area contributed by atoms with Gasteiger partial charge in [-0.15, -0.1) is 0 Å². The van der Waals surface area contributed by atoms with Crippen LogP contribution >= 0.6 is 11.6 Å². The number of ether oxygens (including phenoxy) is 1. The number of rotatable bonds is 4. The van der Waals surface area contributed by atoms with Crippen molar-refractivity contribution in [3.8, 4) is 0 Å². The lowest BCUT2D eigenvalue weighted by molar-refractivity contribution is -0.145. The fourth-order valence-corrected chi connectivity index (χ4v) is 4.57. The quantitative estimate of drug-likeness (QED) is 0.841. The highest BCUT2D eigenvalue weighted by atomic mass is 35.5. The molecule has 0 saturated heterocycles. The highest BCUT2D eigenvalue weighted by Crippen LogP contribution is 2.54. The van der Waals surface area contributed by atoms with Crippen molar-refractivity contribution >= 4 is 27.4 Å². The molecule has 0 aliphatic heterocycles. The topological polar surface area (TPSA) is 86.5 Å². The standard InChI is InChI=1S/C13H16ClNO4S/c1-3-19-12(16)13(15)10(11(13)20(2,17)18)8-5-4-6-9(14)7-8/h4-7,10-11H,3,15H2,1-2H3/t10-,11+,13+/m1/s1. The van der Waals surface area contributed by atoms with E-state index in [1.54, 1.807) is 31.2 Å². The average molecular weight is 318 g/mol. The summed E-state index contributed by atoms with van der Waals surface area (Å²) in [7, 11) is -3.48. The predicted molar refractivity (Wildman–Crippen MR) is 76.4 cm³/mol. The van der Waals surface area contributed by atoms with E-state index in [9.17, 15) is 13.2 Å². The van der Waals surface area contributed by atoms with Gasteiger partial charge in [-0.25, -0.2) is 13.2 Å². The summed E-state index contributed by atoms with van der Waals surface area (Å²) in [4.78, 5) is 12.0. The van der Waals surface area contributed by atoms with Crippen molar-refractivity contribution in [3.63, 3.8) is 0 Å². The smallest absolute Gasteiger partial charge is 0.328 e. The number of carbonyl (C=O) groups is 1. The van der Waals surface area contributed by atoms with Crippen molar-refractivity contribution in [2.75, 3.05) is 12.9 Å². The van der Waals surface area contributed by atoms with Crippen molar-refractivity contribution in [2.45, 2.75) is 23.6 Å². The summed E-state index contributed by atoms with van der Waals surface area (Å²) >= 11 is 5.91. The second-order valence-electron chi connectivity index (χ2n) is 4.94. The third-order valence-electron chi connectivity index (χ3n) is 3.48. The SMILES string of the molecule is CCOC(=O)[C@]1(N)[C@H](c2cccc(Cl)c2)[C@@H]1S(C)(=O)=O. The van der Waals surface area contributed by atoms with Crippen LogP contribution < -0.4 is 5.73 Å². The maximum absolute atomic E-state index is 12.0. The van der Waals surface area contributed by atoms with Gasteiger partial charge in [0.15, 0.2) is 9.84 Å². The van der Waals surface area contributed by atoms with Gasteiger partial charge in [0.05, 0.1) is 11.9 Å². The van der Waals surface area contributed by atoms with Crippen LogP contribution in [-0.2, 0) is 19.4 Å². The van der Waals surface area contributed by atoms with Crippen LogP contribution in [0.1, 0.15) is 18.4 Å². The number of nitrogens with two attached hydrogens (primary N) is 1. The molecule has 1 aromatic carbocycles. The molecule has 0 spiro atoms. The zero-order valence-corrected chi connectivity index (χ0v) is 12.7. The van der Waals surface area contributed by atoms with Crippen LogP contribution in [0.5, 0.6) is 0 Å². The second-order valence-corrected chi connectivity index (χ2v) is 7.54. The van der Waals surface area contributed by atoms with Gasteiger partial charge in [-0.1, -0.05) is 23.7 Å². The summed E-state index contributed by atoms with van der Waals surface area (Å²) in [6.07, 6.45) is 1.07. The molecule has 1 aromatic rings. The van der Waals surface area contributed by atoms with Crippen molar-refractivity contribution in [2.24, 2.45) is 5.73 Å². The minimum atomic E-state index is -3.48. The van der Waals surface area contributed by atoms with Gasteiger partial charge in [0, 0.05) is 17.2 Å². The van der Waals surface area contributed by atoms with Crippen LogP contribution in [0.15, 0.2) is 24.3 Å². The molecule has 1 aliphatic carbocycles. The molecule has 0 amide bonds. The normalized spacial score (nSPS) is 29.0. The van der Waals surface area contributed by atoms with Gasteiger partial charge in [-0.05, 0) is 24.6 Å². The Kier molecular flexibility index (Phi) is 3.83. The zero-order chi connectivity index (χ0) is 15.1. The van der Waals surface area contributed by atoms with Gasteiger partial charge >= 0.3 is 5.97 Å². The Morgan fingerprint density at radius 1 is 1.50 bits per heavy atom. The Morgan fingerprint density at radius 2 is 2.15 bits per heavy atom. The van der Waals surface area contributed by atoms with Crippen LogP contribution in [0.4, 0.5) is 0 Å². The van der Waals surface area contributed by atoms with E-state index in [-0.39, 0.29) is 6.61 Å². The van der Waals surface area contributed by atoms with Crippen molar-refractivity contribution in [1.82, 2.24) is 0 Å². The number of benzene rings is 1. The first kappa shape index (κ1) is 15.3. The molecule has 2 N–H and O–H groups in total. The molecular weight excluding hydrogens is 302 g/mol. The second kappa shape index (κ2) is 5.02. The highest BCUT2D eigenvalue weighted by molar-refractivity contribution is 7.91. The lowest BCUT2D eigenvalue weighted by Crippen LogP contribution is -2.41. The van der Waals surface area contributed by atoms with Crippen LogP contribution in [0.3, 0.4) is 0 Å². The van der Waals surface area contributed by atoms with E-state index in [2.05, 4.69) is 0 Å². The first-order valence-corrected chi connectivity index (χ1v) is 8.46. The zero-order valence-electron chi connectivity index (χ0n) is 11.2. The predicted octanol–water partition coefficient (Wildman–Crippen LogP) is 1.11. The van der Waals surface area contributed by atoms with Crippen LogP contribution in [0, 0.1) is 0 Å². The molecule has 1 aliphatic rings. The van der Waals surface area contributed by atoms with E-state index in [4.69, 9.17) is 22.1 Å². The van der Waals surface area contributed by atoms with Crippen molar-refractivity contribution in [1.29, 1.82) is 0 Å². The molecule has 110 valence electrons. The number of sulfone groups is 1. The van der Waals surface area contributed by atoms with Crippen molar-refractivity contribution in [3.05, 3.63) is 34.9 Å². The van der Waals surface area contributed by atoms with Crippen LogP contribution in [0.2, 0.25) is 5.02 Å². The Morgan fingerprint density at radius 3 is 2.65 bits per heavy atom. The molecule has 0 bridgehead atoms. The van der Waals surface area contributed by atoms with Crippen LogP contribution in [-0.4, -0.2) is 38.0 Å². The minimum Gasteiger partial charge on any atom is -0.465 e. The van der Waals surface area contributed by atoms with Gasteiger partial charge in [-0.2, -0.15) is 0 Å². The van der Waals surface area contributed by atoms with Gasteiger partial charge in [0.2, 0.25) is 0 Å². The molecule has 2 rings (SSSR count). The molecule has 0 unspecified atom stereocenters. The number of carbonyl (C=O) groups excluding carboxylic acids is 1. The fourth-order valence-electron chi connectivity index (χ4n) is 2.63. The molecule has 1 fully saturated rings. The molecule has 0 heterocycles. The number of esters is 1. The van der Waals surface area contributed by atoms with E-state index in [1.165, 1.54) is 0 Å². The Bertz CT molecular complexity index is 646. The van der Waals surface area contributed by atoms with E-state index >= 15 is 0 Å². The third kappa shape index (κ3) is 2.43. The summed E-state index contributed by atoms with van der Waals surface area (Å²) in [5.74, 6) is -1.32. The summed E-state index contributed by atoms with van der Waals surface area (Å²) < 4.78 is 28.6. The Hall–Kier alpha value is -1.11. The third-order valence-corrected chi connectivity index (χ3v) is 5.30. The maximum atomic E-state index is 12.0. The first-order chi connectivity index (χ1) is 9.22.